The topological polar surface area (TPSA) is 65.4 Å². The molecule has 1 atom stereocenters. The van der Waals surface area contributed by atoms with Gasteiger partial charge in [-0.15, -0.1) is 0 Å². The van der Waals surface area contributed by atoms with E-state index in [1.165, 1.54) is 0 Å². The fourth-order valence-electron chi connectivity index (χ4n) is 3.20. The molecule has 0 bridgehead atoms. The molecular weight excluding hydrogens is 378 g/mol. The molecule has 1 N–H and O–H groups in total. The van der Waals surface area contributed by atoms with Crippen molar-refractivity contribution in [2.75, 3.05) is 6.61 Å². The summed E-state index contributed by atoms with van der Waals surface area (Å²) in [5, 5.41) is 7.49. The molecule has 0 aliphatic rings. The van der Waals surface area contributed by atoms with Crippen LogP contribution in [0.3, 0.4) is 0 Å². The molecule has 30 heavy (non-hydrogen) atoms. The number of aryl methyl sites for hydroxylation is 2. The Morgan fingerprint density at radius 2 is 1.67 bits per heavy atom. The number of carbonyl (C=O) groups excluding carboxylic acids is 1. The van der Waals surface area contributed by atoms with Gasteiger partial charge < -0.3 is 14.8 Å². The normalized spacial score (nSPS) is 11.7. The van der Waals surface area contributed by atoms with Crippen LogP contribution in [0.15, 0.2) is 54.7 Å². The molecule has 1 heterocycles. The summed E-state index contributed by atoms with van der Waals surface area (Å²) in [5.41, 5.74) is 3.58. The van der Waals surface area contributed by atoms with Gasteiger partial charge in [0.1, 0.15) is 18.1 Å². The van der Waals surface area contributed by atoms with Gasteiger partial charge in [0, 0.05) is 23.9 Å². The molecule has 3 aromatic rings. The van der Waals surface area contributed by atoms with Gasteiger partial charge in [-0.25, -0.2) is 0 Å². The molecule has 0 spiro atoms. The van der Waals surface area contributed by atoms with Crippen LogP contribution in [0.5, 0.6) is 11.5 Å². The second-order valence-electron chi connectivity index (χ2n) is 7.11. The Morgan fingerprint density at radius 3 is 2.23 bits per heavy atom. The third kappa shape index (κ3) is 5.41. The van der Waals surface area contributed by atoms with E-state index in [-0.39, 0.29) is 11.9 Å². The summed E-state index contributed by atoms with van der Waals surface area (Å²) in [7, 11) is 0. The predicted octanol–water partition coefficient (Wildman–Crippen LogP) is 4.68. The van der Waals surface area contributed by atoms with Crippen molar-refractivity contribution < 1.29 is 14.3 Å². The highest BCUT2D eigenvalue weighted by Gasteiger charge is 2.15. The number of nitrogens with one attached hydrogen (secondary N) is 1. The molecule has 0 unspecified atom stereocenters. The van der Waals surface area contributed by atoms with Crippen LogP contribution in [0.25, 0.3) is 0 Å². The first-order chi connectivity index (χ1) is 14.5. The maximum Gasteiger partial charge on any atom is 0.251 e. The smallest absolute Gasteiger partial charge is 0.251 e. The SMILES string of the molecule is CCOc1ccc(OCc2ccc(C(=O)N[C@@H](C)c3cn(CC)nc3C)cc2)cc1. The maximum atomic E-state index is 12.6. The molecule has 6 nitrogen and oxygen atoms in total. The van der Waals surface area contributed by atoms with E-state index < -0.39 is 0 Å². The van der Waals surface area contributed by atoms with Gasteiger partial charge in [0.15, 0.2) is 0 Å². The van der Waals surface area contributed by atoms with E-state index in [0.29, 0.717) is 18.8 Å². The number of carbonyl (C=O) groups is 1. The number of aromatic nitrogens is 2. The molecule has 0 aliphatic heterocycles. The largest absolute Gasteiger partial charge is 0.494 e. The third-order valence-corrected chi connectivity index (χ3v) is 4.88. The van der Waals surface area contributed by atoms with E-state index in [0.717, 1.165) is 34.9 Å². The highest BCUT2D eigenvalue weighted by atomic mass is 16.5. The van der Waals surface area contributed by atoms with Crippen LogP contribution in [0, 0.1) is 6.92 Å². The molecular formula is C24H29N3O3. The van der Waals surface area contributed by atoms with Gasteiger partial charge in [-0.1, -0.05) is 12.1 Å². The summed E-state index contributed by atoms with van der Waals surface area (Å²) in [6, 6.07) is 14.9. The van der Waals surface area contributed by atoms with E-state index in [9.17, 15) is 4.79 Å². The Kier molecular flexibility index (Phi) is 7.12. The third-order valence-electron chi connectivity index (χ3n) is 4.88. The molecule has 3 rings (SSSR count). The van der Waals surface area contributed by atoms with Crippen molar-refractivity contribution in [2.45, 2.75) is 46.9 Å². The quantitative estimate of drug-likeness (QED) is 0.559. The minimum Gasteiger partial charge on any atom is -0.494 e. The van der Waals surface area contributed by atoms with Gasteiger partial charge in [0.05, 0.1) is 18.3 Å². The van der Waals surface area contributed by atoms with Crippen LogP contribution in [-0.4, -0.2) is 22.3 Å². The fraction of sp³-hybridized carbons (Fsp3) is 0.333. The number of benzene rings is 2. The number of nitrogens with zero attached hydrogens (tertiary/aromatic N) is 2. The van der Waals surface area contributed by atoms with Gasteiger partial charge in [-0.05, 0) is 69.7 Å². The molecule has 0 radical (unpaired) electrons. The van der Waals surface area contributed by atoms with Gasteiger partial charge in [0.2, 0.25) is 0 Å². The molecule has 0 aliphatic carbocycles. The molecule has 0 saturated carbocycles. The lowest BCUT2D eigenvalue weighted by molar-refractivity contribution is 0.0939. The zero-order valence-corrected chi connectivity index (χ0v) is 18.0. The number of ether oxygens (including phenoxy) is 2. The van der Waals surface area contributed by atoms with Crippen molar-refractivity contribution in [1.82, 2.24) is 15.1 Å². The van der Waals surface area contributed by atoms with Crippen LogP contribution < -0.4 is 14.8 Å². The van der Waals surface area contributed by atoms with Crippen LogP contribution in [0.2, 0.25) is 0 Å². The average molecular weight is 408 g/mol. The number of hydrogen-bond acceptors (Lipinski definition) is 4. The number of amides is 1. The second-order valence-corrected chi connectivity index (χ2v) is 7.11. The van der Waals surface area contributed by atoms with Crippen molar-refractivity contribution in [2.24, 2.45) is 0 Å². The molecule has 2 aromatic carbocycles. The lowest BCUT2D eigenvalue weighted by Gasteiger charge is -2.13. The van der Waals surface area contributed by atoms with Crippen molar-refractivity contribution in [3.8, 4) is 11.5 Å². The van der Waals surface area contributed by atoms with Gasteiger partial charge >= 0.3 is 0 Å². The van der Waals surface area contributed by atoms with E-state index in [2.05, 4.69) is 10.4 Å². The van der Waals surface area contributed by atoms with E-state index in [1.807, 2.05) is 87.1 Å². The number of hydrogen-bond donors (Lipinski definition) is 1. The Hall–Kier alpha value is -3.28. The molecule has 0 fully saturated rings. The van der Waals surface area contributed by atoms with Crippen LogP contribution in [0.1, 0.15) is 54.0 Å². The summed E-state index contributed by atoms with van der Waals surface area (Å²) in [6.07, 6.45) is 1.99. The Morgan fingerprint density at radius 1 is 1.03 bits per heavy atom. The van der Waals surface area contributed by atoms with E-state index in [4.69, 9.17) is 9.47 Å². The van der Waals surface area contributed by atoms with Crippen molar-refractivity contribution in [3.63, 3.8) is 0 Å². The summed E-state index contributed by atoms with van der Waals surface area (Å²) in [5.74, 6) is 1.49. The maximum absolute atomic E-state index is 12.6. The standard InChI is InChI=1S/C24H29N3O3/c1-5-27-15-23(18(4)26-27)17(3)25-24(28)20-9-7-19(8-10-20)16-30-22-13-11-21(12-14-22)29-6-2/h7-15,17H,5-6,16H2,1-4H3,(H,25,28)/t17-/m0/s1. The van der Waals surface area contributed by atoms with Gasteiger partial charge in [0.25, 0.3) is 5.91 Å². The lowest BCUT2D eigenvalue weighted by atomic mass is 10.1. The summed E-state index contributed by atoms with van der Waals surface area (Å²) >= 11 is 0. The molecule has 1 amide bonds. The number of rotatable bonds is 9. The minimum absolute atomic E-state index is 0.106. The zero-order valence-electron chi connectivity index (χ0n) is 18.0. The first kappa shape index (κ1) is 21.4. The minimum atomic E-state index is -0.111. The molecule has 6 heteroatoms. The predicted molar refractivity (Wildman–Crippen MR) is 117 cm³/mol. The second kappa shape index (κ2) is 9.96. The average Bonchev–Trinajstić information content (AvgIpc) is 3.15. The Labute approximate surface area is 177 Å². The Bertz CT molecular complexity index is 962. The van der Waals surface area contributed by atoms with Crippen LogP contribution in [0.4, 0.5) is 0 Å². The highest BCUT2D eigenvalue weighted by Crippen LogP contribution is 2.19. The summed E-state index contributed by atoms with van der Waals surface area (Å²) in [4.78, 5) is 12.6. The molecule has 1 aromatic heterocycles. The van der Waals surface area contributed by atoms with E-state index in [1.54, 1.807) is 0 Å². The summed E-state index contributed by atoms with van der Waals surface area (Å²) in [6.45, 7) is 9.81. The van der Waals surface area contributed by atoms with E-state index >= 15 is 0 Å². The zero-order chi connectivity index (χ0) is 21.5. The van der Waals surface area contributed by atoms with Gasteiger partial charge in [-0.2, -0.15) is 5.10 Å². The highest BCUT2D eigenvalue weighted by molar-refractivity contribution is 5.94. The van der Waals surface area contributed by atoms with Crippen molar-refractivity contribution in [1.29, 1.82) is 0 Å². The van der Waals surface area contributed by atoms with Crippen LogP contribution in [-0.2, 0) is 13.2 Å². The molecule has 158 valence electrons. The van der Waals surface area contributed by atoms with Gasteiger partial charge in [-0.3, -0.25) is 9.48 Å². The van der Waals surface area contributed by atoms with Crippen molar-refractivity contribution in [3.05, 3.63) is 77.1 Å². The molecule has 0 saturated heterocycles. The van der Waals surface area contributed by atoms with Crippen molar-refractivity contribution >= 4 is 5.91 Å². The monoisotopic (exact) mass is 407 g/mol. The van der Waals surface area contributed by atoms with Crippen LogP contribution >= 0.6 is 0 Å². The lowest BCUT2D eigenvalue weighted by Crippen LogP contribution is -2.26. The Balaban J connectivity index is 1.55. The first-order valence-corrected chi connectivity index (χ1v) is 10.3. The first-order valence-electron chi connectivity index (χ1n) is 10.3. The summed E-state index contributed by atoms with van der Waals surface area (Å²) < 4.78 is 13.1. The fourth-order valence-corrected chi connectivity index (χ4v) is 3.20.